The highest BCUT2D eigenvalue weighted by Crippen LogP contribution is 2.30. The molecule has 0 spiro atoms. The van der Waals surface area contributed by atoms with Crippen molar-refractivity contribution in [3.05, 3.63) is 28.8 Å². The number of carbonyl (C=O) groups is 1. The highest BCUT2D eigenvalue weighted by Gasteiger charge is 2.24. The third kappa shape index (κ3) is 3.26. The van der Waals surface area contributed by atoms with Crippen LogP contribution in [0.1, 0.15) is 45.0 Å². The minimum Gasteiger partial charge on any atom is -0.371 e. The fourth-order valence-electron chi connectivity index (χ4n) is 1.81. The molecule has 2 nitrogen and oxygen atoms in total. The van der Waals surface area contributed by atoms with Gasteiger partial charge in [0.25, 0.3) is 0 Å². The minimum atomic E-state index is -0.00178. The maximum atomic E-state index is 11.3. The van der Waals surface area contributed by atoms with Gasteiger partial charge in [0.05, 0.1) is 5.02 Å². The molecule has 1 rings (SSSR count). The molecule has 0 fully saturated rings. The summed E-state index contributed by atoms with van der Waals surface area (Å²) in [6.45, 7) is 10.3. The van der Waals surface area contributed by atoms with E-state index in [1.165, 1.54) is 6.92 Å². The molecule has 1 unspecified atom stereocenters. The number of hydrogen-bond acceptors (Lipinski definition) is 2. The van der Waals surface area contributed by atoms with Gasteiger partial charge in [0.2, 0.25) is 0 Å². The zero-order valence-corrected chi connectivity index (χ0v) is 12.8. The molecule has 1 atom stereocenters. The summed E-state index contributed by atoms with van der Waals surface area (Å²) in [5, 5.41) is 0.521. The largest absolute Gasteiger partial charge is 0.371 e. The first-order valence-corrected chi connectivity index (χ1v) is 6.55. The average molecular weight is 268 g/mol. The van der Waals surface area contributed by atoms with Gasteiger partial charge in [0, 0.05) is 24.3 Å². The topological polar surface area (TPSA) is 20.3 Å². The molecule has 18 heavy (non-hydrogen) atoms. The molecule has 3 heteroatoms. The van der Waals surface area contributed by atoms with Crippen LogP contribution in [0.2, 0.25) is 5.02 Å². The molecule has 0 radical (unpaired) electrons. The second-order valence-electron chi connectivity index (χ2n) is 5.87. The molecular formula is C15H22ClNO. The summed E-state index contributed by atoms with van der Waals surface area (Å²) in [6.07, 6.45) is 0. The smallest absolute Gasteiger partial charge is 0.161 e. The number of benzene rings is 1. The number of Topliss-reactive ketones (excluding diaryl/α,β-unsaturated/α-hetero) is 1. The fourth-order valence-corrected chi connectivity index (χ4v) is 2.12. The average Bonchev–Trinajstić information content (AvgIpc) is 2.25. The molecule has 1 aromatic carbocycles. The van der Waals surface area contributed by atoms with E-state index in [9.17, 15) is 4.79 Å². The first kappa shape index (κ1) is 15.0. The lowest BCUT2D eigenvalue weighted by Gasteiger charge is -2.37. The number of halogens is 1. The normalized spacial score (nSPS) is 13.3. The second-order valence-corrected chi connectivity index (χ2v) is 6.28. The molecule has 0 bridgehead atoms. The van der Waals surface area contributed by atoms with Crippen LogP contribution >= 0.6 is 11.6 Å². The number of ketones is 1. The zero-order valence-electron chi connectivity index (χ0n) is 12.0. The lowest BCUT2D eigenvalue weighted by Crippen LogP contribution is -2.39. The van der Waals surface area contributed by atoms with Crippen molar-refractivity contribution in [2.75, 3.05) is 11.9 Å². The Morgan fingerprint density at radius 3 is 2.28 bits per heavy atom. The summed E-state index contributed by atoms with van der Waals surface area (Å²) in [6, 6.07) is 5.98. The number of rotatable bonds is 3. The van der Waals surface area contributed by atoms with Crippen molar-refractivity contribution in [2.45, 2.75) is 40.7 Å². The summed E-state index contributed by atoms with van der Waals surface area (Å²) in [4.78, 5) is 13.5. The molecule has 100 valence electrons. The van der Waals surface area contributed by atoms with Crippen LogP contribution in [0.5, 0.6) is 0 Å². The molecule has 0 aliphatic carbocycles. The van der Waals surface area contributed by atoms with Gasteiger partial charge in [0.15, 0.2) is 5.78 Å². The molecule has 0 heterocycles. The van der Waals surface area contributed by atoms with Crippen molar-refractivity contribution in [1.82, 2.24) is 0 Å². The van der Waals surface area contributed by atoms with Crippen molar-refractivity contribution >= 4 is 23.1 Å². The Bertz CT molecular complexity index is 448. The van der Waals surface area contributed by atoms with E-state index in [1.54, 1.807) is 6.07 Å². The van der Waals surface area contributed by atoms with E-state index in [2.05, 4.69) is 39.6 Å². The fraction of sp³-hybridized carbons (Fsp3) is 0.533. The van der Waals surface area contributed by atoms with E-state index in [4.69, 9.17) is 11.6 Å². The monoisotopic (exact) mass is 267 g/mol. The highest BCUT2D eigenvalue weighted by molar-refractivity contribution is 6.34. The molecule has 0 aliphatic heterocycles. The number of nitrogens with zero attached hydrogens (tertiary/aromatic N) is 1. The Balaban J connectivity index is 3.05. The standard InChI is InChI=1S/C15H22ClNO/c1-10(18)13-8-7-12(9-14(13)16)17(6)11(2)15(3,4)5/h7-9,11H,1-6H3. The van der Waals surface area contributed by atoms with Crippen LogP contribution in [0.15, 0.2) is 18.2 Å². The first-order valence-electron chi connectivity index (χ1n) is 6.18. The summed E-state index contributed by atoms with van der Waals surface area (Å²) in [5.41, 5.74) is 1.80. The van der Waals surface area contributed by atoms with Crippen LogP contribution in [0.3, 0.4) is 0 Å². The van der Waals surface area contributed by atoms with Gasteiger partial charge in [-0.1, -0.05) is 32.4 Å². The highest BCUT2D eigenvalue weighted by atomic mass is 35.5. The SMILES string of the molecule is CC(=O)c1ccc(N(C)C(C)C(C)(C)C)cc1Cl. The lowest BCUT2D eigenvalue weighted by molar-refractivity contribution is 0.101. The van der Waals surface area contributed by atoms with Gasteiger partial charge in [-0.05, 0) is 37.5 Å². The minimum absolute atomic E-state index is 0.00178. The van der Waals surface area contributed by atoms with Gasteiger partial charge in [-0.3, -0.25) is 4.79 Å². The van der Waals surface area contributed by atoms with E-state index in [-0.39, 0.29) is 11.2 Å². The van der Waals surface area contributed by atoms with Crippen LogP contribution in [0, 0.1) is 5.41 Å². The van der Waals surface area contributed by atoms with Crippen molar-refractivity contribution in [1.29, 1.82) is 0 Å². The molecule has 0 saturated heterocycles. The molecule has 0 aromatic heterocycles. The van der Waals surface area contributed by atoms with Gasteiger partial charge in [-0.2, -0.15) is 0 Å². The summed E-state index contributed by atoms with van der Waals surface area (Å²) in [5.74, 6) is -0.00178. The van der Waals surface area contributed by atoms with E-state index < -0.39 is 0 Å². The predicted molar refractivity (Wildman–Crippen MR) is 78.8 cm³/mol. The van der Waals surface area contributed by atoms with E-state index >= 15 is 0 Å². The zero-order chi connectivity index (χ0) is 14.1. The molecule has 1 aromatic rings. The van der Waals surface area contributed by atoms with Gasteiger partial charge in [-0.15, -0.1) is 0 Å². The maximum absolute atomic E-state index is 11.3. The third-order valence-corrected chi connectivity index (χ3v) is 3.89. The van der Waals surface area contributed by atoms with Crippen molar-refractivity contribution in [3.63, 3.8) is 0 Å². The number of carbonyl (C=O) groups excluding carboxylic acids is 1. The van der Waals surface area contributed by atoms with Gasteiger partial charge in [-0.25, -0.2) is 0 Å². The Kier molecular flexibility index (Phi) is 4.44. The Hall–Kier alpha value is -1.02. The van der Waals surface area contributed by atoms with Gasteiger partial charge < -0.3 is 4.90 Å². The van der Waals surface area contributed by atoms with Crippen molar-refractivity contribution in [3.8, 4) is 0 Å². The van der Waals surface area contributed by atoms with Crippen LogP contribution in [-0.4, -0.2) is 18.9 Å². The van der Waals surface area contributed by atoms with E-state index in [0.29, 0.717) is 16.6 Å². The Morgan fingerprint density at radius 1 is 1.33 bits per heavy atom. The molecule has 0 aliphatic rings. The Labute approximate surface area is 115 Å². The molecule has 0 saturated carbocycles. The maximum Gasteiger partial charge on any atom is 0.161 e. The molecule has 0 N–H and O–H groups in total. The van der Waals surface area contributed by atoms with Gasteiger partial charge in [0.1, 0.15) is 0 Å². The summed E-state index contributed by atoms with van der Waals surface area (Å²) < 4.78 is 0. The van der Waals surface area contributed by atoms with Crippen molar-refractivity contribution in [2.24, 2.45) is 5.41 Å². The van der Waals surface area contributed by atoms with E-state index in [1.807, 2.05) is 12.1 Å². The van der Waals surface area contributed by atoms with Crippen LogP contribution < -0.4 is 4.90 Å². The quantitative estimate of drug-likeness (QED) is 0.756. The second kappa shape index (κ2) is 5.31. The Morgan fingerprint density at radius 2 is 1.89 bits per heavy atom. The molecule has 0 amide bonds. The predicted octanol–water partition coefficient (Wildman–Crippen LogP) is 4.41. The number of anilines is 1. The van der Waals surface area contributed by atoms with Crippen LogP contribution in [0.4, 0.5) is 5.69 Å². The molecular weight excluding hydrogens is 246 g/mol. The van der Waals surface area contributed by atoms with Crippen LogP contribution in [-0.2, 0) is 0 Å². The lowest BCUT2D eigenvalue weighted by atomic mass is 9.87. The van der Waals surface area contributed by atoms with Crippen LogP contribution in [0.25, 0.3) is 0 Å². The summed E-state index contributed by atoms with van der Waals surface area (Å²) >= 11 is 6.14. The van der Waals surface area contributed by atoms with Gasteiger partial charge >= 0.3 is 0 Å². The number of hydrogen-bond donors (Lipinski definition) is 0. The summed E-state index contributed by atoms with van der Waals surface area (Å²) in [7, 11) is 2.05. The third-order valence-electron chi connectivity index (χ3n) is 3.57. The van der Waals surface area contributed by atoms with Crippen molar-refractivity contribution < 1.29 is 4.79 Å². The first-order chi connectivity index (χ1) is 8.14. The van der Waals surface area contributed by atoms with E-state index in [0.717, 1.165) is 5.69 Å².